The van der Waals surface area contributed by atoms with E-state index in [1.165, 1.54) is 0 Å². The van der Waals surface area contributed by atoms with Gasteiger partial charge in [0.05, 0.1) is 11.4 Å². The molecule has 0 unspecified atom stereocenters. The Morgan fingerprint density at radius 1 is 0.789 bits per heavy atom. The molecule has 3 rings (SSSR count). The molecule has 19 heavy (non-hydrogen) atoms. The molecule has 0 saturated carbocycles. The van der Waals surface area contributed by atoms with Gasteiger partial charge in [-0.15, -0.1) is 0 Å². The van der Waals surface area contributed by atoms with E-state index in [0.29, 0.717) is 5.82 Å². The molecule has 3 aromatic rings. The van der Waals surface area contributed by atoms with Gasteiger partial charge in [0, 0.05) is 17.3 Å². The van der Waals surface area contributed by atoms with Crippen LogP contribution in [0.15, 0.2) is 66.9 Å². The maximum atomic E-state index is 5.81. The maximum Gasteiger partial charge on any atom is 0.124 e. The molecule has 0 atom stereocenters. The highest BCUT2D eigenvalue weighted by Gasteiger charge is 2.09. The van der Waals surface area contributed by atoms with E-state index >= 15 is 0 Å². The van der Waals surface area contributed by atoms with Gasteiger partial charge in [-0.05, 0) is 24.3 Å². The molecule has 0 aliphatic rings. The van der Waals surface area contributed by atoms with E-state index < -0.39 is 0 Å². The predicted molar refractivity (Wildman–Crippen MR) is 77.3 cm³/mol. The molecule has 2 N–H and O–H groups in total. The highest BCUT2D eigenvalue weighted by atomic mass is 14.8. The topological polar surface area (TPSA) is 51.8 Å². The summed E-state index contributed by atoms with van der Waals surface area (Å²) in [5.74, 6) is 0.513. The molecule has 0 aliphatic heterocycles. The van der Waals surface area contributed by atoms with Crippen LogP contribution < -0.4 is 5.73 Å². The third-order valence-electron chi connectivity index (χ3n) is 2.90. The summed E-state index contributed by atoms with van der Waals surface area (Å²) in [6, 6.07) is 19.6. The number of pyridine rings is 2. The van der Waals surface area contributed by atoms with Crippen LogP contribution in [0.3, 0.4) is 0 Å². The van der Waals surface area contributed by atoms with E-state index in [9.17, 15) is 0 Å². The number of rotatable bonds is 2. The smallest absolute Gasteiger partial charge is 0.124 e. The second-order valence-electron chi connectivity index (χ2n) is 4.21. The van der Waals surface area contributed by atoms with Gasteiger partial charge in [-0.25, -0.2) is 4.98 Å². The first-order valence-corrected chi connectivity index (χ1v) is 6.08. The summed E-state index contributed by atoms with van der Waals surface area (Å²) in [7, 11) is 0. The van der Waals surface area contributed by atoms with Crippen LogP contribution in [-0.2, 0) is 0 Å². The van der Waals surface area contributed by atoms with Gasteiger partial charge in [0.1, 0.15) is 5.82 Å². The Balaban J connectivity index is 2.21. The Kier molecular flexibility index (Phi) is 2.94. The van der Waals surface area contributed by atoms with Crippen LogP contribution in [0, 0.1) is 0 Å². The minimum Gasteiger partial charge on any atom is -0.384 e. The number of nitrogens with two attached hydrogens (primary N) is 1. The van der Waals surface area contributed by atoms with Crippen LogP contribution in [0.25, 0.3) is 22.5 Å². The van der Waals surface area contributed by atoms with Crippen molar-refractivity contribution < 1.29 is 0 Å². The van der Waals surface area contributed by atoms with Crippen LogP contribution in [0.1, 0.15) is 0 Å². The SMILES string of the molecule is Nc1ccc(-c2ccccn2)c(-c2ccccc2)n1. The van der Waals surface area contributed by atoms with Crippen LogP contribution in [0.2, 0.25) is 0 Å². The molecule has 2 heterocycles. The number of hydrogen-bond donors (Lipinski definition) is 1. The predicted octanol–water partition coefficient (Wildman–Crippen LogP) is 3.39. The monoisotopic (exact) mass is 247 g/mol. The average molecular weight is 247 g/mol. The molecule has 0 fully saturated rings. The van der Waals surface area contributed by atoms with Crippen molar-refractivity contribution in [1.82, 2.24) is 9.97 Å². The molecule has 0 aliphatic carbocycles. The second-order valence-corrected chi connectivity index (χ2v) is 4.21. The number of aromatic nitrogens is 2. The first-order chi connectivity index (χ1) is 9.34. The fourth-order valence-corrected chi connectivity index (χ4v) is 2.02. The van der Waals surface area contributed by atoms with Crippen molar-refractivity contribution in [2.45, 2.75) is 0 Å². The first kappa shape index (κ1) is 11.4. The van der Waals surface area contributed by atoms with E-state index in [-0.39, 0.29) is 0 Å². The Morgan fingerprint density at radius 3 is 2.32 bits per heavy atom. The minimum atomic E-state index is 0.513. The molecule has 0 amide bonds. The molecule has 2 aromatic heterocycles. The molecular weight excluding hydrogens is 234 g/mol. The molecule has 0 spiro atoms. The van der Waals surface area contributed by atoms with Crippen molar-refractivity contribution >= 4 is 5.82 Å². The Bertz CT molecular complexity index is 679. The summed E-state index contributed by atoms with van der Waals surface area (Å²) in [5.41, 5.74) is 9.59. The van der Waals surface area contributed by atoms with Crippen LogP contribution >= 0.6 is 0 Å². The number of benzene rings is 1. The molecule has 0 radical (unpaired) electrons. The summed E-state index contributed by atoms with van der Waals surface area (Å²) in [5, 5.41) is 0. The zero-order chi connectivity index (χ0) is 13.1. The lowest BCUT2D eigenvalue weighted by Gasteiger charge is -2.09. The van der Waals surface area contributed by atoms with Crippen LogP contribution in [-0.4, -0.2) is 9.97 Å². The molecule has 0 saturated heterocycles. The third-order valence-corrected chi connectivity index (χ3v) is 2.90. The van der Waals surface area contributed by atoms with Crippen molar-refractivity contribution in [3.05, 3.63) is 66.9 Å². The Morgan fingerprint density at radius 2 is 1.58 bits per heavy atom. The molecule has 0 bridgehead atoms. The summed E-state index contributed by atoms with van der Waals surface area (Å²) in [6.07, 6.45) is 1.78. The minimum absolute atomic E-state index is 0.513. The molecule has 1 aromatic carbocycles. The lowest BCUT2D eigenvalue weighted by atomic mass is 10.0. The number of hydrogen-bond acceptors (Lipinski definition) is 3. The zero-order valence-corrected chi connectivity index (χ0v) is 10.3. The average Bonchev–Trinajstić information content (AvgIpc) is 2.49. The van der Waals surface area contributed by atoms with E-state index in [0.717, 1.165) is 22.5 Å². The van der Waals surface area contributed by atoms with Crippen molar-refractivity contribution in [3.63, 3.8) is 0 Å². The molecule has 92 valence electrons. The van der Waals surface area contributed by atoms with Crippen molar-refractivity contribution in [1.29, 1.82) is 0 Å². The van der Waals surface area contributed by atoms with Gasteiger partial charge in [-0.1, -0.05) is 36.4 Å². The van der Waals surface area contributed by atoms with E-state index in [1.807, 2.05) is 54.6 Å². The van der Waals surface area contributed by atoms with Gasteiger partial charge in [-0.2, -0.15) is 0 Å². The summed E-state index contributed by atoms with van der Waals surface area (Å²) < 4.78 is 0. The number of nitrogens with zero attached hydrogens (tertiary/aromatic N) is 2. The van der Waals surface area contributed by atoms with E-state index in [4.69, 9.17) is 5.73 Å². The first-order valence-electron chi connectivity index (χ1n) is 6.08. The summed E-state index contributed by atoms with van der Waals surface area (Å²) in [4.78, 5) is 8.84. The van der Waals surface area contributed by atoms with Gasteiger partial charge < -0.3 is 5.73 Å². The van der Waals surface area contributed by atoms with E-state index in [1.54, 1.807) is 12.3 Å². The van der Waals surface area contributed by atoms with Gasteiger partial charge in [-0.3, -0.25) is 4.98 Å². The second kappa shape index (κ2) is 4.90. The molecule has 3 heteroatoms. The maximum absolute atomic E-state index is 5.81. The lowest BCUT2D eigenvalue weighted by Crippen LogP contribution is -1.95. The molecule has 3 nitrogen and oxygen atoms in total. The number of anilines is 1. The zero-order valence-electron chi connectivity index (χ0n) is 10.3. The quantitative estimate of drug-likeness (QED) is 0.755. The van der Waals surface area contributed by atoms with Crippen molar-refractivity contribution in [3.8, 4) is 22.5 Å². The normalized spacial score (nSPS) is 10.3. The highest BCUT2D eigenvalue weighted by molar-refractivity contribution is 5.79. The highest BCUT2D eigenvalue weighted by Crippen LogP contribution is 2.29. The van der Waals surface area contributed by atoms with Crippen LogP contribution in [0.4, 0.5) is 5.82 Å². The fourth-order valence-electron chi connectivity index (χ4n) is 2.02. The standard InChI is InChI=1S/C16H13N3/c17-15-10-9-13(14-8-4-5-11-18-14)16(19-15)12-6-2-1-3-7-12/h1-11H,(H2,17,19). The summed E-state index contributed by atoms with van der Waals surface area (Å²) in [6.45, 7) is 0. The fraction of sp³-hybridized carbons (Fsp3) is 0. The van der Waals surface area contributed by atoms with E-state index in [2.05, 4.69) is 9.97 Å². The Labute approximate surface area is 111 Å². The van der Waals surface area contributed by atoms with Crippen LogP contribution in [0.5, 0.6) is 0 Å². The van der Waals surface area contributed by atoms with Gasteiger partial charge in [0.15, 0.2) is 0 Å². The summed E-state index contributed by atoms with van der Waals surface area (Å²) >= 11 is 0. The third kappa shape index (κ3) is 2.31. The van der Waals surface area contributed by atoms with Crippen molar-refractivity contribution in [2.24, 2.45) is 0 Å². The largest absolute Gasteiger partial charge is 0.384 e. The van der Waals surface area contributed by atoms with Gasteiger partial charge in [0.2, 0.25) is 0 Å². The van der Waals surface area contributed by atoms with Gasteiger partial charge in [0.25, 0.3) is 0 Å². The lowest BCUT2D eigenvalue weighted by molar-refractivity contribution is 1.28. The number of nitrogen functional groups attached to an aromatic ring is 1. The molecular formula is C16H13N3. The van der Waals surface area contributed by atoms with Crippen molar-refractivity contribution in [2.75, 3.05) is 5.73 Å². The Hall–Kier alpha value is -2.68. The van der Waals surface area contributed by atoms with Gasteiger partial charge >= 0.3 is 0 Å².